The molecule has 1 saturated heterocycles. The predicted octanol–water partition coefficient (Wildman–Crippen LogP) is 1.35. The summed E-state index contributed by atoms with van der Waals surface area (Å²) in [6.07, 6.45) is 1.04. The van der Waals surface area contributed by atoms with E-state index in [0.29, 0.717) is 30.2 Å². The molecule has 2 amide bonds. The molecule has 1 aromatic carbocycles. The van der Waals surface area contributed by atoms with Crippen LogP contribution in [0.5, 0.6) is 0 Å². The van der Waals surface area contributed by atoms with Gasteiger partial charge in [0.25, 0.3) is 11.8 Å². The summed E-state index contributed by atoms with van der Waals surface area (Å²) in [5.41, 5.74) is 7.30. The number of nitrogen functional groups attached to an aromatic ring is 1. The molecule has 0 saturated carbocycles. The molecule has 3 aromatic rings. The first-order valence-electron chi connectivity index (χ1n) is 11.0. The van der Waals surface area contributed by atoms with Gasteiger partial charge in [0.2, 0.25) is 0 Å². The molecule has 0 radical (unpaired) electrons. The normalized spacial score (nSPS) is 20.6. The van der Waals surface area contributed by atoms with Crippen molar-refractivity contribution >= 4 is 28.3 Å². The fourth-order valence-corrected chi connectivity index (χ4v) is 4.97. The third-order valence-electron chi connectivity index (χ3n) is 6.32. The van der Waals surface area contributed by atoms with Crippen LogP contribution in [0, 0.1) is 0 Å². The van der Waals surface area contributed by atoms with Crippen molar-refractivity contribution in [3.05, 3.63) is 59.4 Å². The Hall–Kier alpha value is -3.28. The Kier molecular flexibility index (Phi) is 6.69. The molecule has 4 atom stereocenters. The highest BCUT2D eigenvalue weighted by atomic mass is 32.1. The number of carbonyl (C=O) groups is 2. The van der Waals surface area contributed by atoms with Crippen LogP contribution in [0.4, 0.5) is 5.13 Å². The summed E-state index contributed by atoms with van der Waals surface area (Å²) in [6.45, 7) is 3.99. The Bertz CT molecular complexity index is 1150. The molecule has 1 fully saturated rings. The maximum absolute atomic E-state index is 13.1. The molecule has 180 valence electrons. The van der Waals surface area contributed by atoms with E-state index in [0.717, 1.165) is 11.3 Å². The predicted molar refractivity (Wildman–Crippen MR) is 127 cm³/mol. The number of amides is 2. The van der Waals surface area contributed by atoms with Crippen LogP contribution >= 0.6 is 11.3 Å². The van der Waals surface area contributed by atoms with Crippen LogP contribution in [0.1, 0.15) is 44.0 Å². The van der Waals surface area contributed by atoms with Gasteiger partial charge < -0.3 is 26.2 Å². The van der Waals surface area contributed by atoms with Crippen LogP contribution < -0.4 is 11.1 Å². The number of nitrogens with one attached hydrogen (secondary N) is 1. The zero-order valence-corrected chi connectivity index (χ0v) is 19.8. The third-order valence-corrected chi connectivity index (χ3v) is 7.00. The van der Waals surface area contributed by atoms with Gasteiger partial charge in [0.15, 0.2) is 17.3 Å². The molecule has 11 heteroatoms. The van der Waals surface area contributed by atoms with Crippen molar-refractivity contribution in [2.45, 2.75) is 50.5 Å². The Morgan fingerprint density at radius 3 is 2.59 bits per heavy atom. The number of benzene rings is 1. The minimum absolute atomic E-state index is 0.386. The van der Waals surface area contributed by atoms with E-state index in [1.54, 1.807) is 23.2 Å². The standard InChI is InChI=1S/C23H28N6O4S/c1-14(15-5-7-16(8-6-15)29-12-4-10-25-29)26-20(32)18(30)19(31)21(33)28-11-3-9-23(28,2)17-13-34-22(24)27-17/h4-8,10,12-14,18-19,30-31H,3,9,11H2,1-2H3,(H2,24,27)(H,26,32)/t14?,18-,19-,23?/m1/s1. The van der Waals surface area contributed by atoms with Crippen LogP contribution in [0.25, 0.3) is 5.69 Å². The van der Waals surface area contributed by atoms with Crippen LogP contribution in [0.2, 0.25) is 0 Å². The molecule has 0 spiro atoms. The Morgan fingerprint density at radius 1 is 1.24 bits per heavy atom. The number of thiazole rings is 1. The van der Waals surface area contributed by atoms with Gasteiger partial charge in [-0.3, -0.25) is 9.59 Å². The van der Waals surface area contributed by atoms with E-state index in [1.165, 1.54) is 16.2 Å². The highest BCUT2D eigenvalue weighted by Crippen LogP contribution is 2.39. The Labute approximate surface area is 201 Å². The summed E-state index contributed by atoms with van der Waals surface area (Å²) in [4.78, 5) is 31.5. The molecule has 4 rings (SSSR count). The van der Waals surface area contributed by atoms with Crippen molar-refractivity contribution in [2.75, 3.05) is 12.3 Å². The molecular weight excluding hydrogens is 456 g/mol. The third kappa shape index (κ3) is 4.54. The van der Waals surface area contributed by atoms with Gasteiger partial charge in [-0.2, -0.15) is 5.10 Å². The molecule has 34 heavy (non-hydrogen) atoms. The van der Waals surface area contributed by atoms with Gasteiger partial charge in [0.05, 0.1) is 23.0 Å². The van der Waals surface area contributed by atoms with Gasteiger partial charge in [-0.15, -0.1) is 11.3 Å². The van der Waals surface area contributed by atoms with Crippen molar-refractivity contribution in [1.29, 1.82) is 0 Å². The largest absolute Gasteiger partial charge is 0.380 e. The van der Waals surface area contributed by atoms with Gasteiger partial charge in [0, 0.05) is 24.3 Å². The molecule has 0 bridgehead atoms. The molecule has 10 nitrogen and oxygen atoms in total. The Morgan fingerprint density at radius 2 is 1.97 bits per heavy atom. The molecule has 1 aliphatic heterocycles. The van der Waals surface area contributed by atoms with Crippen molar-refractivity contribution < 1.29 is 19.8 Å². The van der Waals surface area contributed by atoms with E-state index >= 15 is 0 Å². The molecule has 2 aromatic heterocycles. The summed E-state index contributed by atoms with van der Waals surface area (Å²) in [6, 6.07) is 8.77. The molecule has 0 aliphatic carbocycles. The van der Waals surface area contributed by atoms with Crippen molar-refractivity contribution in [1.82, 2.24) is 25.0 Å². The summed E-state index contributed by atoms with van der Waals surface area (Å²) in [5.74, 6) is -1.55. The number of aromatic nitrogens is 3. The molecule has 3 heterocycles. The second-order valence-electron chi connectivity index (χ2n) is 8.60. The van der Waals surface area contributed by atoms with E-state index in [2.05, 4.69) is 15.4 Å². The van der Waals surface area contributed by atoms with Crippen LogP contribution in [-0.4, -0.2) is 60.4 Å². The number of nitrogens with zero attached hydrogens (tertiary/aromatic N) is 4. The monoisotopic (exact) mass is 484 g/mol. The lowest BCUT2D eigenvalue weighted by Crippen LogP contribution is -2.54. The number of aliphatic hydroxyl groups is 2. The molecule has 1 aliphatic rings. The molecular formula is C23H28N6O4S. The van der Waals surface area contributed by atoms with Gasteiger partial charge in [-0.05, 0) is 50.5 Å². The number of aliphatic hydroxyl groups excluding tert-OH is 2. The van der Waals surface area contributed by atoms with Crippen LogP contribution in [-0.2, 0) is 15.1 Å². The van der Waals surface area contributed by atoms with Crippen molar-refractivity contribution in [2.24, 2.45) is 0 Å². The maximum Gasteiger partial charge on any atom is 0.255 e. The van der Waals surface area contributed by atoms with E-state index in [9.17, 15) is 19.8 Å². The van der Waals surface area contributed by atoms with Crippen LogP contribution in [0.3, 0.4) is 0 Å². The highest BCUT2D eigenvalue weighted by Gasteiger charge is 2.46. The minimum atomic E-state index is -1.91. The quantitative estimate of drug-likeness (QED) is 0.396. The average Bonchev–Trinajstić information content (AvgIpc) is 3.59. The lowest BCUT2D eigenvalue weighted by Gasteiger charge is -2.36. The summed E-state index contributed by atoms with van der Waals surface area (Å²) < 4.78 is 1.71. The van der Waals surface area contributed by atoms with Crippen molar-refractivity contribution in [3.8, 4) is 5.69 Å². The summed E-state index contributed by atoms with van der Waals surface area (Å²) in [5, 5.41) is 30.1. The fraction of sp³-hybridized carbons (Fsp3) is 0.391. The number of likely N-dealkylation sites (tertiary alicyclic amines) is 1. The number of hydrogen-bond donors (Lipinski definition) is 4. The maximum atomic E-state index is 13.1. The highest BCUT2D eigenvalue weighted by molar-refractivity contribution is 7.13. The van der Waals surface area contributed by atoms with E-state index in [4.69, 9.17) is 5.73 Å². The van der Waals surface area contributed by atoms with Gasteiger partial charge in [0.1, 0.15) is 0 Å². The number of carbonyl (C=O) groups excluding carboxylic acids is 2. The first kappa shape index (κ1) is 23.9. The zero-order valence-electron chi connectivity index (χ0n) is 19.0. The number of nitrogens with two attached hydrogens (primary N) is 1. The number of rotatable bonds is 7. The minimum Gasteiger partial charge on any atom is -0.380 e. The Balaban J connectivity index is 1.40. The smallest absolute Gasteiger partial charge is 0.255 e. The van der Waals surface area contributed by atoms with Gasteiger partial charge in [-0.25, -0.2) is 9.67 Å². The van der Waals surface area contributed by atoms with Crippen LogP contribution in [0.15, 0.2) is 48.1 Å². The second-order valence-corrected chi connectivity index (χ2v) is 9.49. The first-order chi connectivity index (χ1) is 16.2. The number of anilines is 1. The van der Waals surface area contributed by atoms with E-state index in [-0.39, 0.29) is 0 Å². The van der Waals surface area contributed by atoms with Gasteiger partial charge >= 0.3 is 0 Å². The first-order valence-corrected chi connectivity index (χ1v) is 11.9. The lowest BCUT2D eigenvalue weighted by molar-refractivity contribution is -0.156. The molecule has 5 N–H and O–H groups in total. The molecule has 2 unspecified atom stereocenters. The average molecular weight is 485 g/mol. The van der Waals surface area contributed by atoms with Gasteiger partial charge in [-0.1, -0.05) is 12.1 Å². The van der Waals surface area contributed by atoms with Crippen molar-refractivity contribution in [3.63, 3.8) is 0 Å². The zero-order chi connectivity index (χ0) is 24.5. The van der Waals surface area contributed by atoms with E-state index < -0.39 is 35.6 Å². The summed E-state index contributed by atoms with van der Waals surface area (Å²) in [7, 11) is 0. The summed E-state index contributed by atoms with van der Waals surface area (Å²) >= 11 is 1.28. The number of hydrogen-bond acceptors (Lipinski definition) is 8. The SMILES string of the molecule is CC(NC(=O)[C@H](O)[C@@H](O)C(=O)N1CCCC1(C)c1csc(N)n1)c1ccc(-n2cccn2)cc1. The second kappa shape index (κ2) is 9.53. The fourth-order valence-electron chi connectivity index (χ4n) is 4.28. The topological polar surface area (TPSA) is 147 Å². The lowest BCUT2D eigenvalue weighted by atomic mass is 9.94. The van der Waals surface area contributed by atoms with E-state index in [1.807, 2.05) is 43.5 Å².